The monoisotopic (exact) mass is 266 g/mol. The normalized spacial score (nSPS) is 12.9. The van der Waals surface area contributed by atoms with E-state index in [1.54, 1.807) is 0 Å². The number of amides is 1. The van der Waals surface area contributed by atoms with Gasteiger partial charge in [0, 0.05) is 13.3 Å². The van der Waals surface area contributed by atoms with Crippen molar-refractivity contribution in [2.45, 2.75) is 12.5 Å². The number of ether oxygens (including phenoxy) is 1. The molecule has 0 aliphatic rings. The Bertz CT molecular complexity index is 379. The summed E-state index contributed by atoms with van der Waals surface area (Å²) in [7, 11) is -0.534. The third kappa shape index (κ3) is 6.90. The number of rotatable bonds is 6. The van der Waals surface area contributed by atoms with E-state index >= 15 is 0 Å². The Labute approximate surface area is 101 Å². The molecular formula is C9H18N2O5S. The largest absolute Gasteiger partial charge is 0.468 e. The molecule has 0 saturated carbocycles. The molecule has 0 aliphatic carbocycles. The molecule has 0 saturated heterocycles. The standard InChI is InChI=1S/C9H18N2O5S/c1-11(6-8(12)16-2)9(13)7(10)4-5-17(3,14)15/h7H,4-6,10H2,1-3H3. The summed E-state index contributed by atoms with van der Waals surface area (Å²) < 4.78 is 26.2. The lowest BCUT2D eigenvalue weighted by molar-refractivity contribution is -0.146. The zero-order valence-electron chi connectivity index (χ0n) is 10.2. The van der Waals surface area contributed by atoms with Crippen LogP contribution in [0, 0.1) is 0 Å². The number of methoxy groups -OCH3 is 1. The number of hydrogen-bond donors (Lipinski definition) is 1. The van der Waals surface area contributed by atoms with Crippen molar-refractivity contribution in [1.29, 1.82) is 0 Å². The molecule has 7 nitrogen and oxygen atoms in total. The van der Waals surface area contributed by atoms with Gasteiger partial charge in [0.15, 0.2) is 0 Å². The fourth-order valence-corrected chi connectivity index (χ4v) is 1.77. The molecule has 1 unspecified atom stereocenters. The molecule has 0 radical (unpaired) electrons. The Morgan fingerprint density at radius 1 is 1.41 bits per heavy atom. The van der Waals surface area contributed by atoms with Crippen LogP contribution in [0.5, 0.6) is 0 Å². The summed E-state index contributed by atoms with van der Waals surface area (Å²) in [4.78, 5) is 23.6. The van der Waals surface area contributed by atoms with Gasteiger partial charge < -0.3 is 15.4 Å². The van der Waals surface area contributed by atoms with E-state index in [4.69, 9.17) is 5.73 Å². The molecule has 0 fully saturated rings. The number of nitrogens with zero attached hydrogens (tertiary/aromatic N) is 1. The van der Waals surface area contributed by atoms with Crippen LogP contribution in [0.15, 0.2) is 0 Å². The van der Waals surface area contributed by atoms with Crippen molar-refractivity contribution >= 4 is 21.7 Å². The van der Waals surface area contributed by atoms with Crippen molar-refractivity contribution in [1.82, 2.24) is 4.90 Å². The smallest absolute Gasteiger partial charge is 0.325 e. The van der Waals surface area contributed by atoms with E-state index in [1.165, 1.54) is 14.2 Å². The summed E-state index contributed by atoms with van der Waals surface area (Å²) in [5.41, 5.74) is 5.53. The number of carbonyl (C=O) groups excluding carboxylic acids is 2. The Hall–Kier alpha value is -1.15. The fourth-order valence-electron chi connectivity index (χ4n) is 1.08. The quantitative estimate of drug-likeness (QED) is 0.579. The second kappa shape index (κ2) is 6.55. The van der Waals surface area contributed by atoms with Gasteiger partial charge in [0.05, 0.1) is 18.9 Å². The lowest BCUT2D eigenvalue weighted by atomic mass is 10.2. The van der Waals surface area contributed by atoms with Gasteiger partial charge >= 0.3 is 5.97 Å². The second-order valence-electron chi connectivity index (χ2n) is 3.80. The summed E-state index contributed by atoms with van der Waals surface area (Å²) >= 11 is 0. The number of hydrogen-bond acceptors (Lipinski definition) is 6. The summed E-state index contributed by atoms with van der Waals surface area (Å²) in [6.45, 7) is -0.206. The van der Waals surface area contributed by atoms with E-state index in [0.717, 1.165) is 11.2 Å². The molecule has 2 N–H and O–H groups in total. The Morgan fingerprint density at radius 3 is 2.35 bits per heavy atom. The van der Waals surface area contributed by atoms with Crippen LogP contribution < -0.4 is 5.73 Å². The molecule has 0 aromatic rings. The Balaban J connectivity index is 4.25. The maximum atomic E-state index is 11.6. The molecule has 0 aromatic carbocycles. The van der Waals surface area contributed by atoms with Crippen LogP contribution in [0.25, 0.3) is 0 Å². The first-order valence-electron chi connectivity index (χ1n) is 4.92. The van der Waals surface area contributed by atoms with Crippen LogP contribution in [0.1, 0.15) is 6.42 Å². The molecule has 0 rings (SSSR count). The molecule has 1 atom stereocenters. The molecule has 0 aliphatic heterocycles. The van der Waals surface area contributed by atoms with Crippen molar-refractivity contribution in [2.75, 3.05) is 32.7 Å². The topological polar surface area (TPSA) is 107 Å². The average molecular weight is 266 g/mol. The summed E-state index contributed by atoms with van der Waals surface area (Å²) in [5, 5.41) is 0. The highest BCUT2D eigenvalue weighted by molar-refractivity contribution is 7.90. The van der Waals surface area contributed by atoms with Gasteiger partial charge in [0.2, 0.25) is 5.91 Å². The van der Waals surface area contributed by atoms with E-state index in [2.05, 4.69) is 4.74 Å². The van der Waals surface area contributed by atoms with Gasteiger partial charge in [-0.15, -0.1) is 0 Å². The van der Waals surface area contributed by atoms with Gasteiger partial charge in [0.25, 0.3) is 0 Å². The summed E-state index contributed by atoms with van der Waals surface area (Å²) in [6.07, 6.45) is 1.10. The zero-order chi connectivity index (χ0) is 13.6. The van der Waals surface area contributed by atoms with E-state index in [9.17, 15) is 18.0 Å². The molecule has 0 spiro atoms. The number of likely N-dealkylation sites (N-methyl/N-ethyl adjacent to an activating group) is 1. The molecule has 17 heavy (non-hydrogen) atoms. The van der Waals surface area contributed by atoms with Crippen LogP contribution in [0.3, 0.4) is 0 Å². The minimum absolute atomic E-state index is 0.0309. The molecule has 8 heteroatoms. The third-order valence-corrected chi connectivity index (χ3v) is 3.06. The molecular weight excluding hydrogens is 248 g/mol. The minimum atomic E-state index is -3.15. The first-order valence-corrected chi connectivity index (χ1v) is 6.98. The van der Waals surface area contributed by atoms with Gasteiger partial charge in [-0.3, -0.25) is 9.59 Å². The minimum Gasteiger partial charge on any atom is -0.468 e. The predicted octanol–water partition coefficient (Wildman–Crippen LogP) is -1.62. The van der Waals surface area contributed by atoms with Crippen LogP contribution in [0.2, 0.25) is 0 Å². The lowest BCUT2D eigenvalue weighted by Gasteiger charge is -2.19. The number of carbonyl (C=O) groups is 2. The van der Waals surface area contributed by atoms with Crippen LogP contribution in [-0.4, -0.2) is 63.9 Å². The zero-order valence-corrected chi connectivity index (χ0v) is 11.0. The van der Waals surface area contributed by atoms with Crippen molar-refractivity contribution in [2.24, 2.45) is 5.73 Å². The van der Waals surface area contributed by atoms with Crippen LogP contribution in [0.4, 0.5) is 0 Å². The van der Waals surface area contributed by atoms with Crippen LogP contribution >= 0.6 is 0 Å². The van der Waals surface area contributed by atoms with Gasteiger partial charge in [-0.25, -0.2) is 8.42 Å². The van der Waals surface area contributed by atoms with Gasteiger partial charge in [-0.2, -0.15) is 0 Å². The van der Waals surface area contributed by atoms with E-state index in [-0.39, 0.29) is 18.7 Å². The van der Waals surface area contributed by atoms with Gasteiger partial charge in [-0.05, 0) is 6.42 Å². The maximum Gasteiger partial charge on any atom is 0.325 e. The van der Waals surface area contributed by atoms with Crippen molar-refractivity contribution in [3.05, 3.63) is 0 Å². The van der Waals surface area contributed by atoms with Crippen molar-refractivity contribution in [3.63, 3.8) is 0 Å². The Morgan fingerprint density at radius 2 is 1.94 bits per heavy atom. The first-order chi connectivity index (χ1) is 7.67. The van der Waals surface area contributed by atoms with E-state index in [1.807, 2.05) is 0 Å². The number of sulfone groups is 1. The molecule has 0 aromatic heterocycles. The first kappa shape index (κ1) is 15.9. The molecule has 0 bridgehead atoms. The SMILES string of the molecule is COC(=O)CN(C)C(=O)C(N)CCS(C)(=O)=O. The third-order valence-electron chi connectivity index (χ3n) is 2.09. The summed E-state index contributed by atoms with van der Waals surface area (Å²) in [6, 6.07) is -0.931. The average Bonchev–Trinajstić information content (AvgIpc) is 2.23. The maximum absolute atomic E-state index is 11.6. The molecule has 100 valence electrons. The predicted molar refractivity (Wildman–Crippen MR) is 62.0 cm³/mol. The molecule has 0 heterocycles. The molecule has 1 amide bonds. The second-order valence-corrected chi connectivity index (χ2v) is 6.06. The Kier molecular flexibility index (Phi) is 6.11. The number of nitrogens with two attached hydrogens (primary N) is 1. The van der Waals surface area contributed by atoms with E-state index < -0.39 is 27.8 Å². The lowest BCUT2D eigenvalue weighted by Crippen LogP contribution is -2.44. The highest BCUT2D eigenvalue weighted by Gasteiger charge is 2.21. The number of esters is 1. The fraction of sp³-hybridized carbons (Fsp3) is 0.778. The van der Waals surface area contributed by atoms with Crippen molar-refractivity contribution < 1.29 is 22.7 Å². The van der Waals surface area contributed by atoms with Gasteiger partial charge in [-0.1, -0.05) is 0 Å². The van der Waals surface area contributed by atoms with Crippen LogP contribution in [-0.2, 0) is 24.2 Å². The van der Waals surface area contributed by atoms with E-state index in [0.29, 0.717) is 0 Å². The highest BCUT2D eigenvalue weighted by Crippen LogP contribution is 1.98. The van der Waals surface area contributed by atoms with Crippen molar-refractivity contribution in [3.8, 4) is 0 Å². The van der Waals surface area contributed by atoms with Gasteiger partial charge in [0.1, 0.15) is 16.4 Å². The highest BCUT2D eigenvalue weighted by atomic mass is 32.2. The summed E-state index contributed by atoms with van der Waals surface area (Å²) in [5.74, 6) is -1.21.